The van der Waals surface area contributed by atoms with Gasteiger partial charge in [-0.25, -0.2) is 8.78 Å². The Kier molecular flexibility index (Phi) is 6.54. The molecule has 0 aliphatic rings. The maximum absolute atomic E-state index is 13.0. The minimum absolute atomic E-state index is 0. The van der Waals surface area contributed by atoms with Gasteiger partial charge in [-0.2, -0.15) is 0 Å². The van der Waals surface area contributed by atoms with Crippen molar-refractivity contribution < 1.29 is 73.1 Å². The van der Waals surface area contributed by atoms with Crippen LogP contribution in [0.3, 0.4) is 0 Å². The summed E-state index contributed by atoms with van der Waals surface area (Å²) in [5, 5.41) is 0. The van der Waals surface area contributed by atoms with Crippen LogP contribution in [0.1, 0.15) is 5.56 Å². The van der Waals surface area contributed by atoms with Crippen molar-refractivity contribution in [1.82, 2.24) is 0 Å². The minimum Gasteiger partial charge on any atom is -0.449 e. The van der Waals surface area contributed by atoms with Crippen LogP contribution in [0.15, 0.2) is 16.6 Å². The average molecular weight is 313 g/mol. The molecule has 0 heterocycles. The van der Waals surface area contributed by atoms with E-state index in [1.807, 2.05) is 0 Å². The molecule has 0 N–H and O–H groups in total. The molecular weight excluding hydrogens is 309 g/mol. The molecule has 1 rings (SSSR count). The molecule has 1 aromatic carbocycles. The van der Waals surface area contributed by atoms with Gasteiger partial charge in [0.1, 0.15) is 11.6 Å². The summed E-state index contributed by atoms with van der Waals surface area (Å²) in [5.74, 6) is -2.37. The molecule has 0 saturated heterocycles. The van der Waals surface area contributed by atoms with Crippen molar-refractivity contribution in [2.75, 3.05) is 0 Å². The Bertz CT molecular complexity index is 354. The van der Waals surface area contributed by atoms with Gasteiger partial charge in [0.25, 0.3) is 0 Å². The Morgan fingerprint density at radius 2 is 1.67 bits per heavy atom. The van der Waals surface area contributed by atoms with E-state index in [0.717, 1.165) is 12.1 Å². The summed E-state index contributed by atoms with van der Waals surface area (Å²) in [6.45, 7) is -5.24. The van der Waals surface area contributed by atoms with Gasteiger partial charge in [-0.3, -0.25) is 0 Å². The number of hydrogen-bond acceptors (Lipinski definition) is 0. The van der Waals surface area contributed by atoms with Gasteiger partial charge in [0.15, 0.2) is 0 Å². The Morgan fingerprint density at radius 3 is 2.13 bits per heavy atom. The molecule has 1 aromatic rings. The fourth-order valence-corrected chi connectivity index (χ4v) is 1.36. The van der Waals surface area contributed by atoms with Gasteiger partial charge in [-0.1, -0.05) is 6.32 Å². The molecule has 0 radical (unpaired) electrons. The maximum atomic E-state index is 13.0. The van der Waals surface area contributed by atoms with E-state index in [1.165, 1.54) is 0 Å². The van der Waals surface area contributed by atoms with Crippen LogP contribution in [-0.2, 0) is 6.32 Å². The molecular formula is C7H4BBrF5K. The number of halogens is 6. The van der Waals surface area contributed by atoms with E-state index in [4.69, 9.17) is 0 Å². The van der Waals surface area contributed by atoms with Gasteiger partial charge in [0.05, 0.1) is 4.47 Å². The average Bonchev–Trinajstić information content (AvgIpc) is 2.04. The second-order valence-electron chi connectivity index (χ2n) is 2.74. The first-order chi connectivity index (χ1) is 6.31. The SMILES string of the molecule is Fc1ccc(Br)c(F)c1C[B-](F)(F)F.[K+]. The quantitative estimate of drug-likeness (QED) is 0.428. The summed E-state index contributed by atoms with van der Waals surface area (Å²) >= 11 is 2.69. The first-order valence-electron chi connectivity index (χ1n) is 3.64. The zero-order valence-electron chi connectivity index (χ0n) is 7.71. The summed E-state index contributed by atoms with van der Waals surface area (Å²) < 4.78 is 61.5. The zero-order valence-corrected chi connectivity index (χ0v) is 12.4. The Balaban J connectivity index is 0.00000196. The van der Waals surface area contributed by atoms with Crippen LogP contribution in [0.5, 0.6) is 0 Å². The van der Waals surface area contributed by atoms with Gasteiger partial charge in [-0.05, 0) is 33.6 Å². The molecule has 0 aliphatic carbocycles. The Morgan fingerprint density at radius 1 is 1.13 bits per heavy atom. The third kappa shape index (κ3) is 4.82. The molecule has 0 aromatic heterocycles. The van der Waals surface area contributed by atoms with Crippen LogP contribution < -0.4 is 51.4 Å². The number of hydrogen-bond donors (Lipinski definition) is 0. The molecule has 0 saturated carbocycles. The predicted octanol–water partition coefficient (Wildman–Crippen LogP) is 0.660. The standard InChI is InChI=1S/C7H4BBrF5.K/c9-5-1-2-6(10)4(7(5)11)3-8(12,13)14;/h1-2H,3H2;/q-1;+1. The Labute approximate surface area is 134 Å². The van der Waals surface area contributed by atoms with Gasteiger partial charge in [0.2, 0.25) is 0 Å². The van der Waals surface area contributed by atoms with E-state index in [9.17, 15) is 21.7 Å². The molecule has 15 heavy (non-hydrogen) atoms. The number of rotatable bonds is 2. The second kappa shape index (κ2) is 6.11. The fourth-order valence-electron chi connectivity index (χ4n) is 0.988. The van der Waals surface area contributed by atoms with Crippen LogP contribution in [0.2, 0.25) is 0 Å². The predicted molar refractivity (Wildman–Crippen MR) is 46.8 cm³/mol. The van der Waals surface area contributed by atoms with Gasteiger partial charge in [-0.15, -0.1) is 0 Å². The molecule has 8 heteroatoms. The van der Waals surface area contributed by atoms with E-state index in [1.54, 1.807) is 0 Å². The van der Waals surface area contributed by atoms with Crippen LogP contribution in [0, 0.1) is 11.6 Å². The van der Waals surface area contributed by atoms with Crippen molar-refractivity contribution in [1.29, 1.82) is 0 Å². The summed E-state index contributed by atoms with van der Waals surface area (Å²) in [6.07, 6.45) is -1.54. The molecule has 0 nitrogen and oxygen atoms in total. The molecule has 0 bridgehead atoms. The summed E-state index contributed by atoms with van der Waals surface area (Å²) in [4.78, 5) is 0. The van der Waals surface area contributed by atoms with E-state index < -0.39 is 30.5 Å². The van der Waals surface area contributed by atoms with Gasteiger partial charge < -0.3 is 12.9 Å². The Hall–Kier alpha value is 1.05. The minimum atomic E-state index is -5.24. The second-order valence-corrected chi connectivity index (χ2v) is 3.59. The van der Waals surface area contributed by atoms with Crippen molar-refractivity contribution >= 4 is 22.9 Å². The third-order valence-corrected chi connectivity index (χ3v) is 2.19. The first kappa shape index (κ1) is 16.1. The molecule has 0 atom stereocenters. The first-order valence-corrected chi connectivity index (χ1v) is 4.44. The van der Waals surface area contributed by atoms with Crippen LogP contribution in [-0.4, -0.2) is 6.98 Å². The zero-order chi connectivity index (χ0) is 10.9. The van der Waals surface area contributed by atoms with Crippen molar-refractivity contribution in [2.45, 2.75) is 6.32 Å². The van der Waals surface area contributed by atoms with Gasteiger partial charge >= 0.3 is 58.4 Å². The smallest absolute Gasteiger partial charge is 0.449 e. The third-order valence-electron chi connectivity index (χ3n) is 1.57. The molecule has 0 spiro atoms. The number of benzene rings is 1. The monoisotopic (exact) mass is 312 g/mol. The van der Waals surface area contributed by atoms with Crippen molar-refractivity contribution in [3.05, 3.63) is 33.8 Å². The van der Waals surface area contributed by atoms with E-state index in [0.29, 0.717) is 0 Å². The largest absolute Gasteiger partial charge is 1.00 e. The van der Waals surface area contributed by atoms with Gasteiger partial charge in [0, 0.05) is 0 Å². The maximum Gasteiger partial charge on any atom is 1.00 e. The normalized spacial score (nSPS) is 11.1. The van der Waals surface area contributed by atoms with Crippen molar-refractivity contribution in [3.63, 3.8) is 0 Å². The van der Waals surface area contributed by atoms with E-state index in [2.05, 4.69) is 15.9 Å². The topological polar surface area (TPSA) is 0 Å². The van der Waals surface area contributed by atoms with Crippen LogP contribution >= 0.6 is 15.9 Å². The molecule has 0 fully saturated rings. The molecule has 0 unspecified atom stereocenters. The molecule has 78 valence electrons. The van der Waals surface area contributed by atoms with Crippen molar-refractivity contribution in [2.24, 2.45) is 0 Å². The summed E-state index contributed by atoms with van der Waals surface area (Å²) in [6, 6.07) is 1.82. The van der Waals surface area contributed by atoms with Crippen molar-refractivity contribution in [3.8, 4) is 0 Å². The molecule has 0 aliphatic heterocycles. The van der Waals surface area contributed by atoms with E-state index >= 15 is 0 Å². The molecule has 0 amide bonds. The van der Waals surface area contributed by atoms with E-state index in [-0.39, 0.29) is 55.9 Å². The van der Waals surface area contributed by atoms with Crippen LogP contribution in [0.4, 0.5) is 21.7 Å². The summed E-state index contributed by atoms with van der Waals surface area (Å²) in [7, 11) is 0. The summed E-state index contributed by atoms with van der Waals surface area (Å²) in [5.41, 5.74) is -0.938. The van der Waals surface area contributed by atoms with Crippen LogP contribution in [0.25, 0.3) is 0 Å². The fraction of sp³-hybridized carbons (Fsp3) is 0.143.